The summed E-state index contributed by atoms with van der Waals surface area (Å²) < 4.78 is 19.2. The molecule has 1 fully saturated rings. The monoisotopic (exact) mass is 401 g/mol. The molecule has 1 N–H and O–H groups in total. The van der Waals surface area contributed by atoms with Crippen molar-refractivity contribution in [3.05, 3.63) is 52.1 Å². The zero-order valence-corrected chi connectivity index (χ0v) is 17.0. The van der Waals surface area contributed by atoms with E-state index in [1.165, 1.54) is 20.1 Å². The number of anilines is 1. The van der Waals surface area contributed by atoms with Crippen LogP contribution < -0.4 is 4.90 Å². The molecule has 29 heavy (non-hydrogen) atoms. The van der Waals surface area contributed by atoms with Crippen LogP contribution in [0, 0.1) is 19.7 Å². The number of hydrogen-bond donors (Lipinski definition) is 1. The molecule has 2 aromatic rings. The molecule has 7 nitrogen and oxygen atoms in total. The van der Waals surface area contributed by atoms with E-state index in [1.54, 1.807) is 30.9 Å². The second-order valence-electron chi connectivity index (χ2n) is 7.12. The van der Waals surface area contributed by atoms with Crippen molar-refractivity contribution in [2.75, 3.05) is 38.2 Å². The molecule has 3 rings (SSSR count). The van der Waals surface area contributed by atoms with Crippen LogP contribution in [0.1, 0.15) is 49.4 Å². The van der Waals surface area contributed by atoms with Crippen molar-refractivity contribution in [2.45, 2.75) is 20.8 Å². The minimum Gasteiger partial charge on any atom is -0.465 e. The fraction of sp³-hybridized carbons (Fsp3) is 0.381. The van der Waals surface area contributed by atoms with Crippen LogP contribution >= 0.6 is 0 Å². The number of ketones is 1. The molecule has 0 spiro atoms. The molecule has 1 aromatic carbocycles. The van der Waals surface area contributed by atoms with Crippen LogP contribution in [0.5, 0.6) is 0 Å². The summed E-state index contributed by atoms with van der Waals surface area (Å²) in [6, 6.07) is 4.46. The summed E-state index contributed by atoms with van der Waals surface area (Å²) in [4.78, 5) is 42.8. The second kappa shape index (κ2) is 8.06. The first-order valence-corrected chi connectivity index (χ1v) is 9.36. The Bertz CT molecular complexity index is 975. The van der Waals surface area contributed by atoms with Gasteiger partial charge in [-0.3, -0.25) is 9.59 Å². The number of Topliss-reactive ketones (excluding diaryl/α,β-unsaturated/α-hetero) is 1. The standard InChI is InChI=1S/C21H24FN3O4/c1-12-18(21(28)29-4)13(2)23-19(12)20(27)25-9-7-24(8-10-25)17-6-5-15(14(3)26)11-16(17)22/h5-6,11,23H,7-10H2,1-4H3. The van der Waals surface area contributed by atoms with Gasteiger partial charge in [-0.25, -0.2) is 9.18 Å². The second-order valence-corrected chi connectivity index (χ2v) is 7.12. The zero-order chi connectivity index (χ0) is 21.3. The highest BCUT2D eigenvalue weighted by atomic mass is 19.1. The minimum absolute atomic E-state index is 0.186. The van der Waals surface area contributed by atoms with Gasteiger partial charge in [0.05, 0.1) is 18.4 Å². The summed E-state index contributed by atoms with van der Waals surface area (Å²) in [6.45, 7) is 6.59. The van der Waals surface area contributed by atoms with Crippen molar-refractivity contribution in [1.82, 2.24) is 9.88 Å². The summed E-state index contributed by atoms with van der Waals surface area (Å²) in [7, 11) is 1.30. The number of halogens is 1. The van der Waals surface area contributed by atoms with Gasteiger partial charge in [-0.15, -0.1) is 0 Å². The molecule has 0 atom stereocenters. The Hall–Kier alpha value is -3.16. The lowest BCUT2D eigenvalue weighted by Crippen LogP contribution is -2.49. The lowest BCUT2D eigenvalue weighted by molar-refractivity contribution is 0.0599. The first kappa shape index (κ1) is 20.6. The summed E-state index contributed by atoms with van der Waals surface area (Å²) in [5.41, 5.74) is 2.65. The Morgan fingerprint density at radius 1 is 1.10 bits per heavy atom. The predicted molar refractivity (Wildman–Crippen MR) is 106 cm³/mol. The average Bonchev–Trinajstić information content (AvgIpc) is 3.01. The van der Waals surface area contributed by atoms with Gasteiger partial charge in [-0.1, -0.05) is 0 Å². The third-order valence-corrected chi connectivity index (χ3v) is 5.30. The molecule has 1 saturated heterocycles. The maximum Gasteiger partial charge on any atom is 0.339 e. The number of esters is 1. The molecule has 0 bridgehead atoms. The van der Waals surface area contributed by atoms with Gasteiger partial charge in [0.2, 0.25) is 0 Å². The van der Waals surface area contributed by atoms with E-state index < -0.39 is 11.8 Å². The number of nitrogens with one attached hydrogen (secondary N) is 1. The van der Waals surface area contributed by atoms with Gasteiger partial charge in [0, 0.05) is 37.4 Å². The highest BCUT2D eigenvalue weighted by Crippen LogP contribution is 2.24. The third kappa shape index (κ3) is 3.87. The Morgan fingerprint density at radius 2 is 1.76 bits per heavy atom. The van der Waals surface area contributed by atoms with Gasteiger partial charge in [0.15, 0.2) is 5.78 Å². The smallest absolute Gasteiger partial charge is 0.339 e. The molecule has 0 aliphatic carbocycles. The van der Waals surface area contributed by atoms with Crippen molar-refractivity contribution in [1.29, 1.82) is 0 Å². The lowest BCUT2D eigenvalue weighted by atomic mass is 10.1. The zero-order valence-electron chi connectivity index (χ0n) is 17.0. The largest absolute Gasteiger partial charge is 0.465 e. The van der Waals surface area contributed by atoms with E-state index in [4.69, 9.17) is 4.74 Å². The highest BCUT2D eigenvalue weighted by Gasteiger charge is 2.28. The molecule has 0 radical (unpaired) electrons. The summed E-state index contributed by atoms with van der Waals surface area (Å²) in [6.07, 6.45) is 0. The number of carbonyl (C=O) groups excluding carboxylic acids is 3. The summed E-state index contributed by atoms with van der Waals surface area (Å²) in [5.74, 6) is -1.32. The first-order chi connectivity index (χ1) is 13.7. The number of amides is 1. The SMILES string of the molecule is COC(=O)c1c(C)[nH]c(C(=O)N2CCN(c3ccc(C(C)=O)cc3F)CC2)c1C. The number of aryl methyl sites for hydroxylation is 1. The van der Waals surface area contributed by atoms with Crippen LogP contribution in [0.4, 0.5) is 10.1 Å². The maximum atomic E-state index is 14.4. The molecule has 8 heteroatoms. The van der Waals surface area contributed by atoms with E-state index in [-0.39, 0.29) is 11.7 Å². The highest BCUT2D eigenvalue weighted by molar-refractivity contribution is 6.00. The number of rotatable bonds is 4. The number of benzene rings is 1. The predicted octanol–water partition coefficient (Wildman–Crippen LogP) is 2.72. The maximum absolute atomic E-state index is 14.4. The number of H-pyrrole nitrogens is 1. The molecule has 1 aromatic heterocycles. The molecule has 154 valence electrons. The quantitative estimate of drug-likeness (QED) is 0.629. The van der Waals surface area contributed by atoms with Crippen LogP contribution in [0.15, 0.2) is 18.2 Å². The van der Waals surface area contributed by atoms with Gasteiger partial charge in [0.25, 0.3) is 5.91 Å². The van der Waals surface area contributed by atoms with Crippen molar-refractivity contribution in [3.63, 3.8) is 0 Å². The van der Waals surface area contributed by atoms with Gasteiger partial charge in [-0.05, 0) is 44.5 Å². The van der Waals surface area contributed by atoms with Crippen molar-refractivity contribution in [2.24, 2.45) is 0 Å². The van der Waals surface area contributed by atoms with E-state index in [0.29, 0.717) is 59.9 Å². The lowest BCUT2D eigenvalue weighted by Gasteiger charge is -2.36. The Morgan fingerprint density at radius 3 is 2.31 bits per heavy atom. The van der Waals surface area contributed by atoms with E-state index in [9.17, 15) is 18.8 Å². The number of nitrogens with zero attached hydrogens (tertiary/aromatic N) is 2. The summed E-state index contributed by atoms with van der Waals surface area (Å²) >= 11 is 0. The molecular formula is C21H24FN3O4. The number of carbonyl (C=O) groups is 3. The van der Waals surface area contributed by atoms with Crippen LogP contribution in [-0.4, -0.2) is 60.8 Å². The van der Waals surface area contributed by atoms with Crippen LogP contribution in [0.3, 0.4) is 0 Å². The molecule has 1 aliphatic heterocycles. The van der Waals surface area contributed by atoms with Crippen LogP contribution in [-0.2, 0) is 4.74 Å². The number of methoxy groups -OCH3 is 1. The van der Waals surface area contributed by atoms with Gasteiger partial charge >= 0.3 is 5.97 Å². The van der Waals surface area contributed by atoms with Crippen LogP contribution in [0.2, 0.25) is 0 Å². The van der Waals surface area contributed by atoms with Crippen molar-refractivity contribution < 1.29 is 23.5 Å². The number of ether oxygens (including phenoxy) is 1. The van der Waals surface area contributed by atoms with Crippen molar-refractivity contribution in [3.8, 4) is 0 Å². The first-order valence-electron chi connectivity index (χ1n) is 9.36. The van der Waals surface area contributed by atoms with E-state index in [1.807, 2.05) is 4.90 Å². The summed E-state index contributed by atoms with van der Waals surface area (Å²) in [5, 5.41) is 0. The van der Waals surface area contributed by atoms with Gasteiger partial charge in [-0.2, -0.15) is 0 Å². The molecule has 1 aliphatic rings. The number of hydrogen-bond acceptors (Lipinski definition) is 5. The van der Waals surface area contributed by atoms with E-state index in [2.05, 4.69) is 4.98 Å². The molecular weight excluding hydrogens is 377 g/mol. The Labute approximate surface area is 168 Å². The normalized spacial score (nSPS) is 14.1. The Balaban J connectivity index is 1.72. The molecule has 0 unspecified atom stereocenters. The topological polar surface area (TPSA) is 82.7 Å². The fourth-order valence-corrected chi connectivity index (χ4v) is 3.66. The van der Waals surface area contributed by atoms with Gasteiger partial charge < -0.3 is 19.5 Å². The fourth-order valence-electron chi connectivity index (χ4n) is 3.66. The Kier molecular flexibility index (Phi) is 5.72. The van der Waals surface area contributed by atoms with Gasteiger partial charge in [0.1, 0.15) is 11.5 Å². The van der Waals surface area contributed by atoms with Crippen molar-refractivity contribution >= 4 is 23.3 Å². The van der Waals surface area contributed by atoms with Crippen LogP contribution in [0.25, 0.3) is 0 Å². The molecule has 0 saturated carbocycles. The molecule has 1 amide bonds. The minimum atomic E-state index is -0.482. The number of aromatic amines is 1. The third-order valence-electron chi connectivity index (χ3n) is 5.30. The number of aromatic nitrogens is 1. The number of piperazine rings is 1. The van der Waals surface area contributed by atoms with E-state index >= 15 is 0 Å². The van der Waals surface area contributed by atoms with E-state index in [0.717, 1.165) is 0 Å². The molecule has 2 heterocycles. The average molecular weight is 401 g/mol.